The molecule has 1 fully saturated rings. The Hall–Kier alpha value is -2.50. The summed E-state index contributed by atoms with van der Waals surface area (Å²) in [7, 11) is 0. The topological polar surface area (TPSA) is 176 Å². The molecule has 0 spiro atoms. The highest BCUT2D eigenvalue weighted by atomic mass is 16.9. The van der Waals surface area contributed by atoms with Crippen LogP contribution >= 0.6 is 0 Å². The molecule has 0 saturated carbocycles. The molecular weight excluding hydrogens is 304 g/mol. The van der Waals surface area contributed by atoms with Crippen molar-refractivity contribution in [3.63, 3.8) is 0 Å². The summed E-state index contributed by atoms with van der Waals surface area (Å²) in [5, 5.41) is 46.1. The van der Waals surface area contributed by atoms with E-state index in [4.69, 9.17) is 35.4 Å². The third-order valence-electron chi connectivity index (χ3n) is 2.54. The molecule has 3 unspecified atom stereocenters. The Morgan fingerprint density at radius 3 is 1.91 bits per heavy atom. The van der Waals surface area contributed by atoms with E-state index in [1.165, 1.54) is 0 Å². The molecule has 22 heavy (non-hydrogen) atoms. The summed E-state index contributed by atoms with van der Waals surface area (Å²) in [6, 6.07) is 9.83. The average molecular weight is 320 g/mol. The van der Waals surface area contributed by atoms with Gasteiger partial charge in [0.05, 0.1) is 12.7 Å². The monoisotopic (exact) mass is 320 g/mol. The summed E-state index contributed by atoms with van der Waals surface area (Å²) >= 11 is 0. The van der Waals surface area contributed by atoms with Crippen LogP contribution in [-0.4, -0.2) is 55.7 Å². The Morgan fingerprint density at radius 1 is 1.09 bits per heavy atom. The van der Waals surface area contributed by atoms with E-state index in [1.807, 2.05) is 30.3 Å². The molecule has 1 aliphatic rings. The maximum absolute atomic E-state index is 9.54. The van der Waals surface area contributed by atoms with Crippen molar-refractivity contribution in [2.45, 2.75) is 24.7 Å². The first-order chi connectivity index (χ1) is 10.2. The first-order valence-corrected chi connectivity index (χ1v) is 5.92. The molecule has 4 N–H and O–H groups in total. The summed E-state index contributed by atoms with van der Waals surface area (Å²) in [6.45, 7) is 0.235. The van der Waals surface area contributed by atoms with Crippen molar-refractivity contribution in [1.82, 2.24) is 0 Å². The molecule has 0 bridgehead atoms. The molecule has 2 rings (SSSR count). The molecule has 1 heterocycles. The molecule has 11 nitrogen and oxygen atoms in total. The van der Waals surface area contributed by atoms with Gasteiger partial charge in [0, 0.05) is 6.42 Å². The normalized spacial score (nSPS) is 22.5. The molecule has 0 radical (unpaired) electrons. The van der Waals surface area contributed by atoms with E-state index in [0.29, 0.717) is 6.42 Å². The summed E-state index contributed by atoms with van der Waals surface area (Å²) in [4.78, 5) is 16.7. The zero-order chi connectivity index (χ0) is 17.1. The molecule has 11 heteroatoms. The van der Waals surface area contributed by atoms with Gasteiger partial charge in [0.15, 0.2) is 0 Å². The Labute approximate surface area is 124 Å². The van der Waals surface area contributed by atoms with E-state index in [9.17, 15) is 10.2 Å². The van der Waals surface area contributed by atoms with Gasteiger partial charge < -0.3 is 25.4 Å². The molecule has 3 atom stereocenters. The second-order valence-corrected chi connectivity index (χ2v) is 4.10. The van der Waals surface area contributed by atoms with Gasteiger partial charge in [-0.2, -0.15) is 0 Å². The number of hydrogen-bond donors (Lipinski definition) is 4. The lowest BCUT2D eigenvalue weighted by Crippen LogP contribution is -2.31. The zero-order valence-corrected chi connectivity index (χ0v) is 11.3. The summed E-state index contributed by atoms with van der Waals surface area (Å²) in [5.74, 6) is 0. The summed E-state index contributed by atoms with van der Waals surface area (Å²) in [6.07, 6.45) is -1.11. The minimum atomic E-state index is -1.50. The lowest BCUT2D eigenvalue weighted by molar-refractivity contribution is -0.742. The standard InChI is InChI=1S/C11H14O3.2HNO3/c12-9-7-14-10(11(9)13)6-8-4-2-1-3-5-8;2*2-1(3)4/h1-5,9-13H,6-7H2;2*(H,2,3,4). The molecule has 1 saturated heterocycles. The second-order valence-electron chi connectivity index (χ2n) is 4.10. The van der Waals surface area contributed by atoms with E-state index in [1.54, 1.807) is 0 Å². The molecule has 1 aromatic rings. The number of ether oxygens (including phenoxy) is 1. The summed E-state index contributed by atoms with van der Waals surface area (Å²) < 4.78 is 5.28. The lowest BCUT2D eigenvalue weighted by atomic mass is 10.0. The van der Waals surface area contributed by atoms with Crippen LogP contribution in [0.25, 0.3) is 0 Å². The van der Waals surface area contributed by atoms with E-state index in [2.05, 4.69) is 0 Å². The van der Waals surface area contributed by atoms with Crippen molar-refractivity contribution in [2.24, 2.45) is 0 Å². The van der Waals surface area contributed by atoms with Crippen molar-refractivity contribution >= 4 is 0 Å². The van der Waals surface area contributed by atoms with Crippen LogP contribution in [0.5, 0.6) is 0 Å². The first-order valence-electron chi connectivity index (χ1n) is 5.92. The molecule has 0 aliphatic carbocycles. The Kier molecular flexibility index (Phi) is 9.09. The largest absolute Gasteiger partial charge is 0.388 e. The number of aliphatic hydroxyl groups excluding tert-OH is 2. The smallest absolute Gasteiger partial charge is 0.291 e. The highest BCUT2D eigenvalue weighted by Gasteiger charge is 2.34. The predicted octanol–water partition coefficient (Wildman–Crippen LogP) is -0.346. The number of aliphatic hydroxyl groups is 2. The van der Waals surface area contributed by atoms with Gasteiger partial charge in [-0.05, 0) is 5.56 Å². The van der Waals surface area contributed by atoms with E-state index < -0.39 is 22.4 Å². The zero-order valence-electron chi connectivity index (χ0n) is 11.3. The molecule has 124 valence electrons. The maximum atomic E-state index is 9.54. The van der Waals surface area contributed by atoms with Crippen molar-refractivity contribution < 1.29 is 35.5 Å². The fraction of sp³-hybridized carbons (Fsp3) is 0.455. The van der Waals surface area contributed by atoms with Crippen LogP contribution in [-0.2, 0) is 11.2 Å². The lowest BCUT2D eigenvalue weighted by Gasteiger charge is -2.14. The van der Waals surface area contributed by atoms with Crippen LogP contribution in [0, 0.1) is 20.2 Å². The van der Waals surface area contributed by atoms with Crippen LogP contribution in [0.1, 0.15) is 5.56 Å². The van der Waals surface area contributed by atoms with Gasteiger partial charge in [-0.3, -0.25) is 0 Å². The van der Waals surface area contributed by atoms with Crippen molar-refractivity contribution in [3.05, 3.63) is 56.1 Å². The van der Waals surface area contributed by atoms with Crippen molar-refractivity contribution in [2.75, 3.05) is 6.61 Å². The van der Waals surface area contributed by atoms with E-state index >= 15 is 0 Å². The van der Waals surface area contributed by atoms with Crippen LogP contribution in [0.3, 0.4) is 0 Å². The van der Waals surface area contributed by atoms with Crippen molar-refractivity contribution in [3.8, 4) is 0 Å². The number of hydrogen-bond acceptors (Lipinski definition) is 7. The van der Waals surface area contributed by atoms with Gasteiger partial charge in [-0.1, -0.05) is 30.3 Å². The average Bonchev–Trinajstić information content (AvgIpc) is 2.71. The quantitative estimate of drug-likeness (QED) is 0.419. The van der Waals surface area contributed by atoms with Crippen molar-refractivity contribution in [1.29, 1.82) is 0 Å². The van der Waals surface area contributed by atoms with Crippen LogP contribution in [0.4, 0.5) is 0 Å². The Bertz CT molecular complexity index is 436. The fourth-order valence-corrected chi connectivity index (χ4v) is 1.69. The summed E-state index contributed by atoms with van der Waals surface area (Å²) in [5.41, 5.74) is 1.12. The molecule has 0 amide bonds. The van der Waals surface area contributed by atoms with Gasteiger partial charge in [0.1, 0.15) is 12.2 Å². The van der Waals surface area contributed by atoms with Crippen LogP contribution in [0.2, 0.25) is 0 Å². The highest BCUT2D eigenvalue weighted by Crippen LogP contribution is 2.18. The van der Waals surface area contributed by atoms with Gasteiger partial charge in [0.2, 0.25) is 0 Å². The van der Waals surface area contributed by atoms with Gasteiger partial charge in [-0.15, -0.1) is 20.2 Å². The third kappa shape index (κ3) is 9.41. The highest BCUT2D eigenvalue weighted by molar-refractivity contribution is 5.16. The fourth-order valence-electron chi connectivity index (χ4n) is 1.69. The number of nitrogens with zero attached hydrogens (tertiary/aromatic N) is 2. The van der Waals surface area contributed by atoms with E-state index in [0.717, 1.165) is 5.56 Å². The second kappa shape index (κ2) is 10.3. The van der Waals surface area contributed by atoms with Gasteiger partial charge in [0.25, 0.3) is 10.2 Å². The number of benzene rings is 1. The molecular formula is C11H16N2O9. The Balaban J connectivity index is 0.000000464. The first kappa shape index (κ1) is 19.5. The van der Waals surface area contributed by atoms with Crippen LogP contribution < -0.4 is 0 Å². The van der Waals surface area contributed by atoms with Gasteiger partial charge in [-0.25, -0.2) is 0 Å². The minimum Gasteiger partial charge on any atom is -0.388 e. The predicted molar refractivity (Wildman–Crippen MR) is 69.5 cm³/mol. The van der Waals surface area contributed by atoms with Crippen LogP contribution in [0.15, 0.2) is 30.3 Å². The number of rotatable bonds is 2. The molecule has 0 aromatic heterocycles. The SMILES string of the molecule is O=[N+]([O-])O.O=[N+]([O-])O.OC1COC(Cc2ccccc2)C1O. The maximum Gasteiger partial charge on any atom is 0.291 e. The minimum absolute atomic E-state index is 0.235. The Morgan fingerprint density at radius 2 is 1.55 bits per heavy atom. The van der Waals surface area contributed by atoms with Gasteiger partial charge >= 0.3 is 0 Å². The van der Waals surface area contributed by atoms with E-state index in [-0.39, 0.29) is 12.7 Å². The molecule has 1 aliphatic heterocycles. The molecule has 1 aromatic carbocycles. The third-order valence-corrected chi connectivity index (χ3v) is 2.54.